The van der Waals surface area contributed by atoms with Crippen molar-refractivity contribution < 1.29 is 18.0 Å². The Morgan fingerprint density at radius 3 is 2.32 bits per heavy atom. The summed E-state index contributed by atoms with van der Waals surface area (Å²) in [6.45, 7) is 4.11. The molecule has 3 N–H and O–H groups in total. The number of nitrogens with one attached hydrogen (secondary N) is 3. The van der Waals surface area contributed by atoms with Crippen LogP contribution in [0.3, 0.4) is 0 Å². The SMILES string of the molecule is CCN(CC)S(=O)(=O)c1cccc(C(=O)NNC(=O)Nc2cccc(Cl)c2)c1. The third-order valence-electron chi connectivity index (χ3n) is 3.81. The van der Waals surface area contributed by atoms with Crippen LogP contribution in [0.5, 0.6) is 0 Å². The number of carbonyl (C=O) groups is 2. The fourth-order valence-electron chi connectivity index (χ4n) is 2.42. The van der Waals surface area contributed by atoms with Gasteiger partial charge >= 0.3 is 6.03 Å². The normalized spacial score (nSPS) is 11.1. The van der Waals surface area contributed by atoms with E-state index >= 15 is 0 Å². The lowest BCUT2D eigenvalue weighted by molar-refractivity contribution is 0.0937. The first-order valence-corrected chi connectivity index (χ1v) is 10.3. The van der Waals surface area contributed by atoms with Crippen LogP contribution < -0.4 is 16.2 Å². The molecule has 2 aromatic rings. The van der Waals surface area contributed by atoms with E-state index in [9.17, 15) is 18.0 Å². The lowest BCUT2D eigenvalue weighted by Crippen LogP contribution is -2.44. The van der Waals surface area contributed by atoms with E-state index in [1.165, 1.54) is 28.6 Å². The molecule has 0 aliphatic heterocycles. The molecule has 0 aliphatic rings. The highest BCUT2D eigenvalue weighted by atomic mass is 35.5. The van der Waals surface area contributed by atoms with Gasteiger partial charge in [0.05, 0.1) is 4.90 Å². The third-order valence-corrected chi connectivity index (χ3v) is 6.09. The van der Waals surface area contributed by atoms with Crippen molar-refractivity contribution in [3.63, 3.8) is 0 Å². The van der Waals surface area contributed by atoms with Crippen LogP contribution in [0.1, 0.15) is 24.2 Å². The molecule has 0 aliphatic carbocycles. The summed E-state index contributed by atoms with van der Waals surface area (Å²) >= 11 is 5.84. The Hall–Kier alpha value is -2.62. The van der Waals surface area contributed by atoms with E-state index in [0.717, 1.165) is 0 Å². The largest absolute Gasteiger partial charge is 0.337 e. The summed E-state index contributed by atoms with van der Waals surface area (Å²) in [6, 6.07) is 11.4. The van der Waals surface area contributed by atoms with E-state index < -0.39 is 22.0 Å². The fraction of sp³-hybridized carbons (Fsp3) is 0.222. The molecule has 150 valence electrons. The maximum absolute atomic E-state index is 12.6. The Balaban J connectivity index is 2.04. The van der Waals surface area contributed by atoms with Gasteiger partial charge in [-0.15, -0.1) is 0 Å². The first-order valence-electron chi connectivity index (χ1n) is 8.51. The van der Waals surface area contributed by atoms with Crippen LogP contribution in [0, 0.1) is 0 Å². The highest BCUT2D eigenvalue weighted by Crippen LogP contribution is 2.17. The van der Waals surface area contributed by atoms with Crippen LogP contribution in [-0.2, 0) is 10.0 Å². The Kier molecular flexibility index (Phi) is 7.38. The lowest BCUT2D eigenvalue weighted by Gasteiger charge is -2.18. The van der Waals surface area contributed by atoms with Gasteiger partial charge in [0.15, 0.2) is 0 Å². The zero-order valence-corrected chi connectivity index (χ0v) is 17.0. The summed E-state index contributed by atoms with van der Waals surface area (Å²) in [5.41, 5.74) is 4.97. The number of anilines is 1. The zero-order valence-electron chi connectivity index (χ0n) is 15.4. The summed E-state index contributed by atoms with van der Waals surface area (Å²) in [7, 11) is -3.69. The molecule has 3 amide bonds. The molecule has 10 heteroatoms. The number of halogens is 1. The summed E-state index contributed by atoms with van der Waals surface area (Å²) in [6.07, 6.45) is 0. The Bertz CT molecular complexity index is 962. The second-order valence-electron chi connectivity index (χ2n) is 5.66. The van der Waals surface area contributed by atoms with E-state index in [4.69, 9.17) is 11.6 Å². The molecule has 0 radical (unpaired) electrons. The van der Waals surface area contributed by atoms with Gasteiger partial charge in [-0.05, 0) is 36.4 Å². The van der Waals surface area contributed by atoms with Crippen molar-refractivity contribution in [2.45, 2.75) is 18.7 Å². The highest BCUT2D eigenvalue weighted by molar-refractivity contribution is 7.89. The second-order valence-corrected chi connectivity index (χ2v) is 8.04. The molecule has 0 unspecified atom stereocenters. The summed E-state index contributed by atoms with van der Waals surface area (Å²) in [5, 5.41) is 2.96. The minimum Gasteiger partial charge on any atom is -0.307 e. The molecule has 0 spiro atoms. The van der Waals surface area contributed by atoms with E-state index in [0.29, 0.717) is 23.8 Å². The van der Waals surface area contributed by atoms with Crippen molar-refractivity contribution in [2.24, 2.45) is 0 Å². The van der Waals surface area contributed by atoms with Crippen LogP contribution in [0.2, 0.25) is 5.02 Å². The average Bonchev–Trinajstić information content (AvgIpc) is 2.67. The summed E-state index contributed by atoms with van der Waals surface area (Å²) in [5.74, 6) is -0.655. The van der Waals surface area contributed by atoms with Crippen LogP contribution in [-0.4, -0.2) is 37.8 Å². The smallest absolute Gasteiger partial charge is 0.307 e. The molecular weight excluding hydrogens is 404 g/mol. The van der Waals surface area contributed by atoms with Crippen molar-refractivity contribution in [3.05, 3.63) is 59.1 Å². The topological polar surface area (TPSA) is 108 Å². The maximum atomic E-state index is 12.6. The number of amides is 3. The Morgan fingerprint density at radius 1 is 1.00 bits per heavy atom. The van der Waals surface area contributed by atoms with Gasteiger partial charge in [-0.3, -0.25) is 10.2 Å². The second kappa shape index (κ2) is 9.54. The molecule has 2 aromatic carbocycles. The van der Waals surface area contributed by atoms with Gasteiger partial charge in [0.25, 0.3) is 5.91 Å². The molecule has 0 atom stereocenters. The van der Waals surface area contributed by atoms with Gasteiger partial charge in [0.2, 0.25) is 10.0 Å². The minimum atomic E-state index is -3.69. The molecule has 0 fully saturated rings. The molecular formula is C18H21ClN4O4S. The van der Waals surface area contributed by atoms with E-state index in [-0.39, 0.29) is 10.5 Å². The third kappa shape index (κ3) is 5.44. The predicted octanol–water partition coefficient (Wildman–Crippen LogP) is 2.84. The number of nitrogens with zero attached hydrogens (tertiary/aromatic N) is 1. The van der Waals surface area contributed by atoms with Crippen LogP contribution in [0.4, 0.5) is 10.5 Å². The Morgan fingerprint density at radius 2 is 1.68 bits per heavy atom. The van der Waals surface area contributed by atoms with Gasteiger partial charge in [-0.1, -0.05) is 37.6 Å². The van der Waals surface area contributed by atoms with E-state index in [1.54, 1.807) is 38.1 Å². The number of hydrogen-bond acceptors (Lipinski definition) is 4. The van der Waals surface area contributed by atoms with Crippen molar-refractivity contribution in [1.82, 2.24) is 15.2 Å². The number of urea groups is 1. The number of rotatable bonds is 6. The van der Waals surface area contributed by atoms with Crippen molar-refractivity contribution >= 4 is 39.2 Å². The highest BCUT2D eigenvalue weighted by Gasteiger charge is 2.22. The van der Waals surface area contributed by atoms with Gasteiger partial charge in [-0.25, -0.2) is 18.6 Å². The van der Waals surface area contributed by atoms with Gasteiger partial charge < -0.3 is 5.32 Å². The van der Waals surface area contributed by atoms with E-state index in [1.807, 2.05) is 0 Å². The number of carbonyl (C=O) groups excluding carboxylic acids is 2. The minimum absolute atomic E-state index is 0.00669. The molecule has 28 heavy (non-hydrogen) atoms. The first-order chi connectivity index (χ1) is 13.3. The fourth-order valence-corrected chi connectivity index (χ4v) is 4.12. The first kappa shape index (κ1) is 21.7. The van der Waals surface area contributed by atoms with Gasteiger partial charge in [0, 0.05) is 29.4 Å². The van der Waals surface area contributed by atoms with Gasteiger partial charge in [0.1, 0.15) is 0 Å². The lowest BCUT2D eigenvalue weighted by atomic mass is 10.2. The van der Waals surface area contributed by atoms with E-state index in [2.05, 4.69) is 16.2 Å². The maximum Gasteiger partial charge on any atom is 0.337 e. The predicted molar refractivity (Wildman–Crippen MR) is 108 cm³/mol. The molecule has 0 saturated carbocycles. The molecule has 8 nitrogen and oxygen atoms in total. The molecule has 0 saturated heterocycles. The molecule has 0 bridgehead atoms. The zero-order chi connectivity index (χ0) is 20.7. The van der Waals surface area contributed by atoms with Crippen molar-refractivity contribution in [3.8, 4) is 0 Å². The monoisotopic (exact) mass is 424 g/mol. The summed E-state index contributed by atoms with van der Waals surface area (Å²) < 4.78 is 26.4. The standard InChI is InChI=1S/C18H21ClN4O4S/c1-3-23(4-2)28(26,27)16-10-5-7-13(11-16)17(24)21-22-18(25)20-15-9-6-8-14(19)12-15/h5-12H,3-4H2,1-2H3,(H,21,24)(H2,20,22,25). The quantitative estimate of drug-likeness (QED) is 0.619. The number of sulfonamides is 1. The molecule has 0 heterocycles. The van der Waals surface area contributed by atoms with Crippen LogP contribution >= 0.6 is 11.6 Å². The van der Waals surface area contributed by atoms with Crippen molar-refractivity contribution in [2.75, 3.05) is 18.4 Å². The van der Waals surface area contributed by atoms with Gasteiger partial charge in [-0.2, -0.15) is 4.31 Å². The summed E-state index contributed by atoms with van der Waals surface area (Å²) in [4.78, 5) is 24.1. The Labute approximate surface area is 168 Å². The molecule has 2 rings (SSSR count). The van der Waals surface area contributed by atoms with Crippen LogP contribution in [0.15, 0.2) is 53.4 Å². The number of hydrazine groups is 1. The van der Waals surface area contributed by atoms with Crippen molar-refractivity contribution in [1.29, 1.82) is 0 Å². The number of hydrogen-bond donors (Lipinski definition) is 3. The molecule has 0 aromatic heterocycles. The number of benzene rings is 2. The average molecular weight is 425 g/mol. The van der Waals surface area contributed by atoms with Crippen LogP contribution in [0.25, 0.3) is 0 Å².